The molecule has 2 N–H and O–H groups in total. The lowest BCUT2D eigenvalue weighted by atomic mass is 10.0. The molecule has 1 heterocycles. The molecule has 17 heavy (non-hydrogen) atoms. The maximum Gasteiger partial charge on any atom is 0.403 e. The summed E-state index contributed by atoms with van der Waals surface area (Å²) in [6.07, 6.45) is -3.07. The highest BCUT2D eigenvalue weighted by Crippen LogP contribution is 2.58. The number of likely N-dealkylation sites (tertiary alicyclic amines) is 1. The van der Waals surface area contributed by atoms with Crippen LogP contribution in [-0.4, -0.2) is 36.1 Å². The molecule has 1 aliphatic carbocycles. The van der Waals surface area contributed by atoms with E-state index in [1.54, 1.807) is 0 Å². The van der Waals surface area contributed by atoms with Gasteiger partial charge in [0.15, 0.2) is 0 Å². The van der Waals surface area contributed by atoms with E-state index in [9.17, 15) is 18.0 Å². The third-order valence-electron chi connectivity index (χ3n) is 3.45. The average molecular weight is 273 g/mol. The monoisotopic (exact) mass is 272 g/mol. The summed E-state index contributed by atoms with van der Waals surface area (Å²) in [4.78, 5) is 13.1. The molecule has 1 amide bonds. The summed E-state index contributed by atoms with van der Waals surface area (Å²) >= 11 is 0. The van der Waals surface area contributed by atoms with Crippen molar-refractivity contribution in [2.24, 2.45) is 11.1 Å². The maximum absolute atomic E-state index is 12.7. The second kappa shape index (κ2) is 4.65. The fourth-order valence-electron chi connectivity index (χ4n) is 2.24. The van der Waals surface area contributed by atoms with Crippen LogP contribution in [0.1, 0.15) is 25.7 Å². The van der Waals surface area contributed by atoms with Crippen LogP contribution in [0.5, 0.6) is 0 Å². The first-order chi connectivity index (χ1) is 7.37. The first-order valence-electron chi connectivity index (χ1n) is 5.48. The summed E-state index contributed by atoms with van der Waals surface area (Å²) < 4.78 is 38.2. The average Bonchev–Trinajstić information content (AvgIpc) is 2.96. The van der Waals surface area contributed by atoms with Crippen LogP contribution >= 0.6 is 12.4 Å². The van der Waals surface area contributed by atoms with Gasteiger partial charge in [0.05, 0.1) is 0 Å². The Labute approximate surface area is 104 Å². The van der Waals surface area contributed by atoms with Crippen LogP contribution in [0, 0.1) is 5.41 Å². The van der Waals surface area contributed by atoms with Gasteiger partial charge in [-0.15, -0.1) is 12.4 Å². The Morgan fingerprint density at radius 3 is 2.35 bits per heavy atom. The van der Waals surface area contributed by atoms with E-state index in [0.717, 1.165) is 6.42 Å². The first-order valence-corrected chi connectivity index (χ1v) is 5.48. The Morgan fingerprint density at radius 2 is 1.94 bits per heavy atom. The van der Waals surface area contributed by atoms with Crippen molar-refractivity contribution in [3.8, 4) is 0 Å². The second-order valence-electron chi connectivity index (χ2n) is 4.73. The molecular weight excluding hydrogens is 257 g/mol. The van der Waals surface area contributed by atoms with Gasteiger partial charge in [-0.25, -0.2) is 0 Å². The molecule has 2 rings (SSSR count). The lowest BCUT2D eigenvalue weighted by Gasteiger charge is -2.34. The Bertz CT molecular complexity index is 304. The molecule has 2 aliphatic rings. The zero-order chi connectivity index (χ0) is 12.0. The highest BCUT2D eigenvalue weighted by atomic mass is 35.5. The third-order valence-corrected chi connectivity index (χ3v) is 3.45. The van der Waals surface area contributed by atoms with E-state index in [4.69, 9.17) is 5.73 Å². The zero-order valence-corrected chi connectivity index (χ0v) is 10.1. The topological polar surface area (TPSA) is 46.3 Å². The largest absolute Gasteiger partial charge is 0.403 e. The standard InChI is InChI=1S/C10H15F3N2O.ClH/c11-10(12,13)9(3-4-9)8(16)15-5-1-2-7(14)6-15;/h7H,1-6,14H2;1H/t7-;/m0./s1. The van der Waals surface area contributed by atoms with E-state index in [2.05, 4.69) is 0 Å². The number of hydrogen-bond acceptors (Lipinski definition) is 2. The molecule has 0 spiro atoms. The number of alkyl halides is 3. The molecule has 7 heteroatoms. The van der Waals surface area contributed by atoms with Gasteiger partial charge < -0.3 is 10.6 Å². The van der Waals surface area contributed by atoms with Crippen molar-refractivity contribution in [2.75, 3.05) is 13.1 Å². The van der Waals surface area contributed by atoms with Crippen molar-refractivity contribution >= 4 is 18.3 Å². The van der Waals surface area contributed by atoms with Crippen molar-refractivity contribution in [3.63, 3.8) is 0 Å². The molecule has 3 nitrogen and oxygen atoms in total. The van der Waals surface area contributed by atoms with Crippen LogP contribution in [0.15, 0.2) is 0 Å². The number of carbonyl (C=O) groups excluding carboxylic acids is 1. The van der Waals surface area contributed by atoms with Gasteiger partial charge in [0, 0.05) is 19.1 Å². The molecule has 1 saturated carbocycles. The summed E-state index contributed by atoms with van der Waals surface area (Å²) in [6.45, 7) is 0.668. The van der Waals surface area contributed by atoms with Crippen molar-refractivity contribution in [1.82, 2.24) is 4.90 Å². The van der Waals surface area contributed by atoms with E-state index in [-0.39, 0.29) is 37.8 Å². The number of nitrogens with zero attached hydrogens (tertiary/aromatic N) is 1. The molecular formula is C10H16ClF3N2O. The smallest absolute Gasteiger partial charge is 0.340 e. The lowest BCUT2D eigenvalue weighted by Crippen LogP contribution is -2.51. The maximum atomic E-state index is 12.7. The second-order valence-corrected chi connectivity index (χ2v) is 4.73. The number of amides is 1. The minimum atomic E-state index is -4.41. The Kier molecular flexibility index (Phi) is 3.98. The SMILES string of the molecule is Cl.N[C@H]1CCCN(C(=O)C2(C(F)(F)F)CC2)C1. The summed E-state index contributed by atoms with van der Waals surface area (Å²) in [5, 5.41) is 0. The van der Waals surface area contributed by atoms with Crippen molar-refractivity contribution < 1.29 is 18.0 Å². The van der Waals surface area contributed by atoms with Gasteiger partial charge in [0.1, 0.15) is 5.41 Å². The minimum absolute atomic E-state index is 0. The quantitative estimate of drug-likeness (QED) is 0.790. The number of hydrogen-bond donors (Lipinski definition) is 1. The highest BCUT2D eigenvalue weighted by molar-refractivity contribution is 5.86. The predicted molar refractivity (Wildman–Crippen MR) is 58.8 cm³/mol. The number of rotatable bonds is 1. The summed E-state index contributed by atoms with van der Waals surface area (Å²) in [7, 11) is 0. The molecule has 0 bridgehead atoms. The summed E-state index contributed by atoms with van der Waals surface area (Å²) in [6, 6.07) is -0.179. The van der Waals surface area contributed by atoms with E-state index in [1.165, 1.54) is 4.90 Å². The first kappa shape index (κ1) is 14.6. The Balaban J connectivity index is 0.00000144. The number of carbonyl (C=O) groups is 1. The fourth-order valence-corrected chi connectivity index (χ4v) is 2.24. The van der Waals surface area contributed by atoms with Crippen LogP contribution in [0.4, 0.5) is 13.2 Å². The normalized spacial score (nSPS) is 27.3. The molecule has 0 radical (unpaired) electrons. The van der Waals surface area contributed by atoms with E-state index in [1.807, 2.05) is 0 Å². The van der Waals surface area contributed by atoms with Crippen LogP contribution in [-0.2, 0) is 4.79 Å². The molecule has 0 unspecified atom stereocenters. The molecule has 1 saturated heterocycles. The third kappa shape index (κ3) is 2.52. The van der Waals surface area contributed by atoms with Gasteiger partial charge in [-0.2, -0.15) is 13.2 Å². The zero-order valence-electron chi connectivity index (χ0n) is 9.29. The van der Waals surface area contributed by atoms with Gasteiger partial charge in [-0.1, -0.05) is 0 Å². The van der Waals surface area contributed by atoms with E-state index < -0.39 is 17.5 Å². The molecule has 0 aromatic rings. The van der Waals surface area contributed by atoms with Gasteiger partial charge in [0.2, 0.25) is 5.91 Å². The van der Waals surface area contributed by atoms with Crippen LogP contribution in [0.25, 0.3) is 0 Å². The van der Waals surface area contributed by atoms with Crippen LogP contribution in [0.3, 0.4) is 0 Å². The fraction of sp³-hybridized carbons (Fsp3) is 0.900. The van der Waals surface area contributed by atoms with Gasteiger partial charge in [-0.3, -0.25) is 4.79 Å². The predicted octanol–water partition coefficient (Wildman–Crippen LogP) is 1.70. The molecule has 2 fully saturated rings. The highest BCUT2D eigenvalue weighted by Gasteiger charge is 2.69. The number of piperidine rings is 1. The number of halogens is 4. The number of nitrogens with two attached hydrogens (primary N) is 1. The lowest BCUT2D eigenvalue weighted by molar-refractivity contribution is -0.199. The molecule has 0 aromatic carbocycles. The molecule has 100 valence electrons. The van der Waals surface area contributed by atoms with Gasteiger partial charge in [-0.05, 0) is 25.7 Å². The van der Waals surface area contributed by atoms with Gasteiger partial charge in [0.25, 0.3) is 0 Å². The molecule has 1 aliphatic heterocycles. The van der Waals surface area contributed by atoms with Gasteiger partial charge >= 0.3 is 6.18 Å². The van der Waals surface area contributed by atoms with Crippen molar-refractivity contribution in [2.45, 2.75) is 37.9 Å². The summed E-state index contributed by atoms with van der Waals surface area (Å²) in [5.41, 5.74) is 3.58. The van der Waals surface area contributed by atoms with Crippen molar-refractivity contribution in [3.05, 3.63) is 0 Å². The van der Waals surface area contributed by atoms with E-state index in [0.29, 0.717) is 13.0 Å². The van der Waals surface area contributed by atoms with Crippen molar-refractivity contribution in [1.29, 1.82) is 0 Å². The Hall–Kier alpha value is -0.490. The van der Waals surface area contributed by atoms with Crippen LogP contribution in [0.2, 0.25) is 0 Å². The molecule has 0 aromatic heterocycles. The summed E-state index contributed by atoms with van der Waals surface area (Å²) in [5.74, 6) is -0.768. The van der Waals surface area contributed by atoms with E-state index >= 15 is 0 Å². The molecule has 1 atom stereocenters. The minimum Gasteiger partial charge on any atom is -0.340 e. The van der Waals surface area contributed by atoms with Crippen LogP contribution < -0.4 is 5.73 Å². The Morgan fingerprint density at radius 1 is 1.35 bits per heavy atom.